The molecule has 13 heteroatoms. The number of hydrogen-bond acceptors (Lipinski definition) is 7. The number of nitrogens with zero attached hydrogens (tertiary/aromatic N) is 2. The SMILES string of the molecule is CCOc1ccccc1N(CC(=O)N/N=C\c1cc(Br)c(OCc2ccc(Cl)c(Cl)c2)c(OC)c1)S(=O)(=O)c1ccc(C)cc1. The van der Waals surface area contributed by atoms with Crippen LogP contribution in [0.5, 0.6) is 17.2 Å². The third kappa shape index (κ3) is 8.70. The average Bonchev–Trinajstić information content (AvgIpc) is 3.01. The van der Waals surface area contributed by atoms with E-state index in [0.717, 1.165) is 15.4 Å². The molecular weight excluding hydrogens is 705 g/mol. The molecule has 1 N–H and O–H groups in total. The number of para-hydroxylation sites is 2. The second-order valence-electron chi connectivity index (χ2n) is 9.59. The molecule has 0 aliphatic heterocycles. The molecule has 0 atom stereocenters. The molecule has 0 bridgehead atoms. The van der Waals surface area contributed by atoms with E-state index in [1.807, 2.05) is 6.92 Å². The molecule has 0 spiro atoms. The van der Waals surface area contributed by atoms with Crippen LogP contribution in [0.3, 0.4) is 0 Å². The number of hydrazone groups is 1. The number of sulfonamides is 1. The number of hydrogen-bond donors (Lipinski definition) is 1. The number of halogens is 3. The third-order valence-electron chi connectivity index (χ3n) is 6.35. The van der Waals surface area contributed by atoms with Gasteiger partial charge in [-0.2, -0.15) is 5.10 Å². The Labute approximate surface area is 280 Å². The molecule has 236 valence electrons. The predicted octanol–water partition coefficient (Wildman–Crippen LogP) is 7.40. The van der Waals surface area contributed by atoms with Crippen LogP contribution < -0.4 is 23.9 Å². The number of nitrogens with one attached hydrogen (secondary N) is 1. The summed E-state index contributed by atoms with van der Waals surface area (Å²) in [6.45, 7) is 3.62. The first-order chi connectivity index (χ1) is 21.5. The Balaban J connectivity index is 1.52. The fourth-order valence-corrected chi connectivity index (χ4v) is 6.49. The van der Waals surface area contributed by atoms with Gasteiger partial charge in [0.25, 0.3) is 15.9 Å². The van der Waals surface area contributed by atoms with Gasteiger partial charge in [0.05, 0.1) is 45.0 Å². The number of anilines is 1. The van der Waals surface area contributed by atoms with E-state index in [4.69, 9.17) is 37.4 Å². The number of carbonyl (C=O) groups excluding carboxylic acids is 1. The molecule has 0 fully saturated rings. The minimum atomic E-state index is -4.14. The first-order valence-corrected chi connectivity index (χ1v) is 16.6. The highest BCUT2D eigenvalue weighted by Crippen LogP contribution is 2.37. The smallest absolute Gasteiger partial charge is 0.264 e. The van der Waals surface area contributed by atoms with Crippen molar-refractivity contribution >= 4 is 67.0 Å². The zero-order valence-corrected chi connectivity index (χ0v) is 28.5. The number of ether oxygens (including phenoxy) is 3. The number of aryl methyl sites for hydroxylation is 1. The molecule has 9 nitrogen and oxygen atoms in total. The van der Waals surface area contributed by atoms with Crippen LogP contribution in [0.4, 0.5) is 5.69 Å². The van der Waals surface area contributed by atoms with Gasteiger partial charge in [-0.05, 0) is 89.4 Å². The summed E-state index contributed by atoms with van der Waals surface area (Å²) in [6, 6.07) is 21.7. The van der Waals surface area contributed by atoms with Gasteiger partial charge in [0.1, 0.15) is 18.9 Å². The maximum atomic E-state index is 13.8. The Hall–Kier alpha value is -3.77. The van der Waals surface area contributed by atoms with Crippen molar-refractivity contribution in [3.05, 3.63) is 110 Å². The van der Waals surface area contributed by atoms with E-state index in [2.05, 4.69) is 26.5 Å². The van der Waals surface area contributed by atoms with E-state index in [0.29, 0.717) is 43.9 Å². The molecule has 1 amide bonds. The van der Waals surface area contributed by atoms with E-state index < -0.39 is 22.5 Å². The molecule has 4 aromatic rings. The van der Waals surface area contributed by atoms with Crippen molar-refractivity contribution in [3.8, 4) is 17.2 Å². The van der Waals surface area contributed by atoms with Crippen LogP contribution in [0.15, 0.2) is 93.3 Å². The summed E-state index contributed by atoms with van der Waals surface area (Å²) in [4.78, 5) is 13.1. The molecule has 0 heterocycles. The van der Waals surface area contributed by atoms with E-state index in [9.17, 15) is 13.2 Å². The quantitative estimate of drug-likeness (QED) is 0.113. The van der Waals surface area contributed by atoms with Crippen molar-refractivity contribution in [1.82, 2.24) is 5.43 Å². The molecule has 0 saturated heterocycles. The maximum absolute atomic E-state index is 13.8. The molecule has 45 heavy (non-hydrogen) atoms. The standard InChI is InChI=1S/C32H30BrCl2N3O6S/c1-4-43-29-8-6-5-7-28(29)38(45(40,41)24-12-9-21(2)10-13-24)19-31(39)37-36-18-23-15-25(33)32(30(17-23)42-3)44-20-22-11-14-26(34)27(35)16-22/h5-18H,4,19-20H2,1-3H3,(H,37,39)/b36-18-. The third-order valence-corrected chi connectivity index (χ3v) is 9.45. The van der Waals surface area contributed by atoms with Crippen molar-refractivity contribution in [1.29, 1.82) is 0 Å². The van der Waals surface area contributed by atoms with Crippen molar-refractivity contribution in [3.63, 3.8) is 0 Å². The summed E-state index contributed by atoms with van der Waals surface area (Å²) in [5, 5.41) is 4.92. The first kappa shape index (κ1) is 34.1. The van der Waals surface area contributed by atoms with Gasteiger partial charge < -0.3 is 14.2 Å². The largest absolute Gasteiger partial charge is 0.493 e. The van der Waals surface area contributed by atoms with Gasteiger partial charge in [-0.1, -0.05) is 59.1 Å². The first-order valence-electron chi connectivity index (χ1n) is 13.6. The topological polar surface area (TPSA) is 107 Å². The Morgan fingerprint density at radius 3 is 2.40 bits per heavy atom. The van der Waals surface area contributed by atoms with E-state index in [-0.39, 0.29) is 17.2 Å². The second-order valence-corrected chi connectivity index (χ2v) is 13.1. The van der Waals surface area contributed by atoms with Crippen LogP contribution in [0.1, 0.15) is 23.6 Å². The van der Waals surface area contributed by atoms with Crippen LogP contribution >= 0.6 is 39.1 Å². The van der Waals surface area contributed by atoms with E-state index in [1.165, 1.54) is 25.5 Å². The lowest BCUT2D eigenvalue weighted by Gasteiger charge is -2.25. The van der Waals surface area contributed by atoms with Crippen molar-refractivity contribution in [2.75, 3.05) is 24.6 Å². The lowest BCUT2D eigenvalue weighted by atomic mass is 10.2. The summed E-state index contributed by atoms with van der Waals surface area (Å²) in [7, 11) is -2.64. The molecule has 0 unspecified atom stereocenters. The number of rotatable bonds is 13. The number of amides is 1. The summed E-state index contributed by atoms with van der Waals surface area (Å²) in [5.74, 6) is 0.529. The molecule has 0 aliphatic carbocycles. The second kappa shape index (κ2) is 15.5. The molecule has 0 aromatic heterocycles. The number of benzene rings is 4. The zero-order chi connectivity index (χ0) is 32.6. The molecule has 0 saturated carbocycles. The fraction of sp³-hybridized carbons (Fsp3) is 0.188. The number of methoxy groups -OCH3 is 1. The zero-order valence-electron chi connectivity index (χ0n) is 24.6. The fourth-order valence-electron chi connectivity index (χ4n) is 4.16. The molecule has 4 aromatic carbocycles. The normalized spacial score (nSPS) is 11.3. The summed E-state index contributed by atoms with van der Waals surface area (Å²) < 4.78 is 46.3. The minimum absolute atomic E-state index is 0.0362. The Morgan fingerprint density at radius 1 is 0.978 bits per heavy atom. The van der Waals surface area contributed by atoms with E-state index >= 15 is 0 Å². The lowest BCUT2D eigenvalue weighted by Crippen LogP contribution is -2.39. The van der Waals surface area contributed by atoms with Crippen molar-refractivity contribution in [2.45, 2.75) is 25.3 Å². The van der Waals surface area contributed by atoms with Crippen molar-refractivity contribution in [2.24, 2.45) is 5.10 Å². The minimum Gasteiger partial charge on any atom is -0.493 e. The van der Waals surface area contributed by atoms with Gasteiger partial charge in [0.2, 0.25) is 0 Å². The number of carbonyl (C=O) groups is 1. The maximum Gasteiger partial charge on any atom is 0.264 e. The van der Waals surface area contributed by atoms with Crippen LogP contribution in [-0.2, 0) is 21.4 Å². The Morgan fingerprint density at radius 2 is 1.71 bits per heavy atom. The van der Waals surface area contributed by atoms with Gasteiger partial charge in [-0.25, -0.2) is 13.8 Å². The van der Waals surface area contributed by atoms with Gasteiger partial charge >= 0.3 is 0 Å². The van der Waals surface area contributed by atoms with Crippen LogP contribution in [0.25, 0.3) is 0 Å². The summed E-state index contributed by atoms with van der Waals surface area (Å²) >= 11 is 15.6. The molecule has 4 rings (SSSR count). The van der Waals surface area contributed by atoms with Crippen LogP contribution in [0, 0.1) is 6.92 Å². The lowest BCUT2D eigenvalue weighted by molar-refractivity contribution is -0.119. The highest BCUT2D eigenvalue weighted by atomic mass is 79.9. The highest BCUT2D eigenvalue weighted by Gasteiger charge is 2.29. The predicted molar refractivity (Wildman–Crippen MR) is 181 cm³/mol. The highest BCUT2D eigenvalue weighted by molar-refractivity contribution is 9.10. The molecular formula is C32H30BrCl2N3O6S. The summed E-state index contributed by atoms with van der Waals surface area (Å²) in [6.07, 6.45) is 1.40. The molecule has 0 aliphatic rings. The van der Waals surface area contributed by atoms with E-state index in [1.54, 1.807) is 73.7 Å². The van der Waals surface area contributed by atoms with Crippen molar-refractivity contribution < 1.29 is 27.4 Å². The Kier molecular flexibility index (Phi) is 11.7. The van der Waals surface area contributed by atoms with Crippen LogP contribution in [-0.4, -0.2) is 40.8 Å². The van der Waals surface area contributed by atoms with Crippen LogP contribution in [0.2, 0.25) is 10.0 Å². The van der Waals surface area contributed by atoms with Gasteiger partial charge in [-0.15, -0.1) is 0 Å². The average molecular weight is 735 g/mol. The van der Waals surface area contributed by atoms with Gasteiger partial charge in [0, 0.05) is 0 Å². The monoisotopic (exact) mass is 733 g/mol. The van der Waals surface area contributed by atoms with Gasteiger partial charge in [-0.3, -0.25) is 9.10 Å². The summed E-state index contributed by atoms with van der Waals surface area (Å²) in [5.41, 5.74) is 4.93. The van der Waals surface area contributed by atoms with Gasteiger partial charge in [0.15, 0.2) is 11.5 Å². The molecule has 0 radical (unpaired) electrons. The Bertz CT molecular complexity index is 1800.